The summed E-state index contributed by atoms with van der Waals surface area (Å²) in [4.78, 5) is 37.2. The summed E-state index contributed by atoms with van der Waals surface area (Å²) in [5.41, 5.74) is -0.324. The molecule has 2 rings (SSSR count). The summed E-state index contributed by atoms with van der Waals surface area (Å²) < 4.78 is 1.36. The van der Waals surface area contributed by atoms with Gasteiger partial charge >= 0.3 is 17.1 Å². The number of rotatable bonds is 6. The SMILES string of the molecule is CSCCCCn1c(=O)c(=O)[nH]c2ccc(C(=O)O)cc21. The van der Waals surface area contributed by atoms with Crippen molar-refractivity contribution in [2.75, 3.05) is 12.0 Å². The predicted molar refractivity (Wildman–Crippen MR) is 83.4 cm³/mol. The maximum absolute atomic E-state index is 12.0. The summed E-state index contributed by atoms with van der Waals surface area (Å²) in [7, 11) is 0. The number of carbonyl (C=O) groups is 1. The highest BCUT2D eigenvalue weighted by Gasteiger charge is 2.10. The number of thioether (sulfide) groups is 1. The zero-order valence-corrected chi connectivity index (χ0v) is 12.4. The molecule has 1 aromatic heterocycles. The molecule has 2 N–H and O–H groups in total. The first-order chi connectivity index (χ1) is 10.0. The first-order valence-electron chi connectivity index (χ1n) is 6.53. The molecule has 2 aromatic rings. The van der Waals surface area contributed by atoms with Crippen molar-refractivity contribution in [1.82, 2.24) is 9.55 Å². The molecule has 0 spiro atoms. The van der Waals surface area contributed by atoms with Gasteiger partial charge in [0.2, 0.25) is 0 Å². The number of carboxylic acid groups (broad SMARTS) is 1. The van der Waals surface area contributed by atoms with E-state index in [0.29, 0.717) is 17.6 Å². The third-order valence-corrected chi connectivity index (χ3v) is 3.90. The molecular weight excluding hydrogens is 292 g/mol. The highest BCUT2D eigenvalue weighted by Crippen LogP contribution is 2.13. The molecule has 0 fully saturated rings. The van der Waals surface area contributed by atoms with E-state index < -0.39 is 17.1 Å². The van der Waals surface area contributed by atoms with Crippen molar-refractivity contribution in [3.63, 3.8) is 0 Å². The van der Waals surface area contributed by atoms with Gasteiger partial charge in [0.1, 0.15) is 0 Å². The minimum atomic E-state index is -1.07. The Kier molecular flexibility index (Phi) is 4.85. The quantitative estimate of drug-likeness (QED) is 0.623. The van der Waals surface area contributed by atoms with Crippen LogP contribution < -0.4 is 11.1 Å². The van der Waals surface area contributed by atoms with Gasteiger partial charge in [-0.1, -0.05) is 0 Å². The van der Waals surface area contributed by atoms with Gasteiger partial charge in [-0.15, -0.1) is 0 Å². The average Bonchev–Trinajstić information content (AvgIpc) is 2.46. The lowest BCUT2D eigenvalue weighted by atomic mass is 10.2. The number of aromatic carboxylic acids is 1. The first-order valence-corrected chi connectivity index (χ1v) is 7.93. The Balaban J connectivity index is 2.50. The molecule has 6 nitrogen and oxygen atoms in total. The standard InChI is InChI=1S/C14H16N2O4S/c1-21-7-3-2-6-16-11-8-9(14(19)20)4-5-10(11)15-12(17)13(16)18/h4-5,8H,2-3,6-7H2,1H3,(H,15,17)(H,19,20). The molecule has 0 saturated heterocycles. The third kappa shape index (κ3) is 3.36. The van der Waals surface area contributed by atoms with Crippen LogP contribution in [0.25, 0.3) is 11.0 Å². The van der Waals surface area contributed by atoms with E-state index in [4.69, 9.17) is 5.11 Å². The van der Waals surface area contributed by atoms with Gasteiger partial charge < -0.3 is 14.7 Å². The maximum Gasteiger partial charge on any atom is 0.335 e. The Bertz CT molecular complexity index is 779. The molecular formula is C14H16N2O4S. The second kappa shape index (κ2) is 6.62. The van der Waals surface area contributed by atoms with Crippen LogP contribution in [0.3, 0.4) is 0 Å². The predicted octanol–water partition coefficient (Wildman–Crippen LogP) is 1.53. The van der Waals surface area contributed by atoms with Gasteiger partial charge in [0.15, 0.2) is 0 Å². The summed E-state index contributed by atoms with van der Waals surface area (Å²) in [6.45, 7) is 0.406. The van der Waals surface area contributed by atoms with Crippen molar-refractivity contribution in [3.05, 3.63) is 44.5 Å². The summed E-state index contributed by atoms with van der Waals surface area (Å²) in [6, 6.07) is 4.34. The third-order valence-electron chi connectivity index (χ3n) is 3.20. The lowest BCUT2D eigenvalue weighted by Crippen LogP contribution is -2.36. The van der Waals surface area contributed by atoms with E-state index in [1.807, 2.05) is 6.26 Å². The largest absolute Gasteiger partial charge is 0.478 e. The summed E-state index contributed by atoms with van der Waals surface area (Å²) >= 11 is 1.72. The lowest BCUT2D eigenvalue weighted by Gasteiger charge is -2.10. The first kappa shape index (κ1) is 15.4. The number of carboxylic acids is 1. The van der Waals surface area contributed by atoms with Crippen LogP contribution in [0.1, 0.15) is 23.2 Å². The summed E-state index contributed by atoms with van der Waals surface area (Å²) in [5.74, 6) is -0.0829. The monoisotopic (exact) mass is 308 g/mol. The topological polar surface area (TPSA) is 92.2 Å². The van der Waals surface area contributed by atoms with Crippen LogP contribution >= 0.6 is 11.8 Å². The van der Waals surface area contributed by atoms with E-state index in [2.05, 4.69) is 4.98 Å². The second-order valence-electron chi connectivity index (χ2n) is 4.65. The fourth-order valence-electron chi connectivity index (χ4n) is 2.14. The number of nitrogens with zero attached hydrogens (tertiary/aromatic N) is 1. The number of hydrogen-bond donors (Lipinski definition) is 2. The van der Waals surface area contributed by atoms with E-state index >= 15 is 0 Å². The van der Waals surface area contributed by atoms with E-state index in [1.54, 1.807) is 11.8 Å². The zero-order valence-electron chi connectivity index (χ0n) is 11.6. The highest BCUT2D eigenvalue weighted by molar-refractivity contribution is 7.98. The van der Waals surface area contributed by atoms with Crippen LogP contribution in [-0.2, 0) is 6.54 Å². The van der Waals surface area contributed by atoms with Crippen LogP contribution in [0.4, 0.5) is 0 Å². The molecule has 21 heavy (non-hydrogen) atoms. The number of aromatic nitrogens is 2. The Morgan fingerprint density at radius 1 is 1.33 bits per heavy atom. The average molecular weight is 308 g/mol. The molecule has 0 aliphatic carbocycles. The number of aromatic amines is 1. The van der Waals surface area contributed by atoms with Gasteiger partial charge in [-0.3, -0.25) is 9.59 Å². The smallest absolute Gasteiger partial charge is 0.335 e. The van der Waals surface area contributed by atoms with Crippen molar-refractivity contribution in [2.45, 2.75) is 19.4 Å². The molecule has 1 heterocycles. The van der Waals surface area contributed by atoms with Crippen LogP contribution in [0, 0.1) is 0 Å². The number of benzene rings is 1. The van der Waals surface area contributed by atoms with Gasteiger partial charge in [0, 0.05) is 6.54 Å². The lowest BCUT2D eigenvalue weighted by molar-refractivity contribution is 0.0697. The summed E-state index contributed by atoms with van der Waals surface area (Å²) in [6.07, 6.45) is 3.70. The van der Waals surface area contributed by atoms with Crippen molar-refractivity contribution < 1.29 is 9.90 Å². The number of H-pyrrole nitrogens is 1. The number of hydrogen-bond acceptors (Lipinski definition) is 4. The van der Waals surface area contributed by atoms with E-state index in [0.717, 1.165) is 18.6 Å². The Hall–Kier alpha value is -2.02. The van der Waals surface area contributed by atoms with Crippen molar-refractivity contribution in [3.8, 4) is 0 Å². The Morgan fingerprint density at radius 2 is 2.10 bits per heavy atom. The van der Waals surface area contributed by atoms with Crippen LogP contribution in [-0.4, -0.2) is 32.6 Å². The Labute approximate surface area is 124 Å². The summed E-state index contributed by atoms with van der Waals surface area (Å²) in [5, 5.41) is 9.04. The van der Waals surface area contributed by atoms with E-state index in [1.165, 1.54) is 22.8 Å². The maximum atomic E-state index is 12.0. The molecule has 1 aromatic carbocycles. The van der Waals surface area contributed by atoms with Crippen molar-refractivity contribution >= 4 is 28.8 Å². The number of aryl methyl sites for hydroxylation is 1. The van der Waals surface area contributed by atoms with Gasteiger partial charge in [0.25, 0.3) is 0 Å². The van der Waals surface area contributed by atoms with Gasteiger partial charge in [-0.05, 0) is 43.0 Å². The van der Waals surface area contributed by atoms with Gasteiger partial charge in [-0.2, -0.15) is 11.8 Å². The molecule has 0 atom stereocenters. The minimum Gasteiger partial charge on any atom is -0.478 e. The fraction of sp³-hybridized carbons (Fsp3) is 0.357. The highest BCUT2D eigenvalue weighted by atomic mass is 32.2. The molecule has 0 amide bonds. The number of nitrogens with one attached hydrogen (secondary N) is 1. The number of fused-ring (bicyclic) bond motifs is 1. The van der Waals surface area contributed by atoms with Crippen LogP contribution in [0.15, 0.2) is 27.8 Å². The zero-order chi connectivity index (χ0) is 15.4. The molecule has 0 bridgehead atoms. The molecule has 0 aliphatic rings. The van der Waals surface area contributed by atoms with Crippen molar-refractivity contribution in [2.24, 2.45) is 0 Å². The molecule has 0 aliphatic heterocycles. The van der Waals surface area contributed by atoms with Gasteiger partial charge in [0.05, 0.1) is 16.6 Å². The van der Waals surface area contributed by atoms with Crippen LogP contribution in [0.5, 0.6) is 0 Å². The normalized spacial score (nSPS) is 10.9. The Morgan fingerprint density at radius 3 is 2.76 bits per heavy atom. The molecule has 112 valence electrons. The van der Waals surface area contributed by atoms with Crippen LogP contribution in [0.2, 0.25) is 0 Å². The minimum absolute atomic E-state index is 0.0896. The van der Waals surface area contributed by atoms with Crippen molar-refractivity contribution in [1.29, 1.82) is 0 Å². The van der Waals surface area contributed by atoms with Gasteiger partial charge in [-0.25, -0.2) is 4.79 Å². The van der Waals surface area contributed by atoms with E-state index in [9.17, 15) is 14.4 Å². The molecule has 0 saturated carbocycles. The molecule has 0 radical (unpaired) electrons. The van der Waals surface area contributed by atoms with E-state index in [-0.39, 0.29) is 5.56 Å². The molecule has 7 heteroatoms. The number of unbranched alkanes of at least 4 members (excludes halogenated alkanes) is 1. The fourth-order valence-corrected chi connectivity index (χ4v) is 2.63. The second-order valence-corrected chi connectivity index (χ2v) is 5.63. The molecule has 0 unspecified atom stereocenters.